The molecular weight excluding hydrogens is 341 g/mol. The third-order valence-electron chi connectivity index (χ3n) is 3.81. The highest BCUT2D eigenvalue weighted by Crippen LogP contribution is 2.40. The number of esters is 1. The lowest BCUT2D eigenvalue weighted by molar-refractivity contribution is -0.192. The molecule has 3 N–H and O–H groups in total. The summed E-state index contributed by atoms with van der Waals surface area (Å²) in [6.07, 6.45) is -4.07. The zero-order valence-corrected chi connectivity index (χ0v) is 14.0. The van der Waals surface area contributed by atoms with E-state index in [2.05, 4.69) is 17.9 Å². The number of hydrogen-bond donors (Lipinski definition) is 2. The monoisotopic (exact) mass is 362 g/mol. The molecule has 9 heteroatoms. The Balaban J connectivity index is 0.000000381. The van der Waals surface area contributed by atoms with E-state index in [0.29, 0.717) is 18.0 Å². The number of carbonyl (C=O) groups is 2. The highest BCUT2D eigenvalue weighted by Gasteiger charge is 2.38. The van der Waals surface area contributed by atoms with Crippen LogP contribution in [0.2, 0.25) is 0 Å². The Morgan fingerprint density at radius 2 is 2.00 bits per heavy atom. The van der Waals surface area contributed by atoms with Crippen LogP contribution in [-0.4, -0.2) is 50.0 Å². The van der Waals surface area contributed by atoms with Crippen LogP contribution in [0.4, 0.5) is 18.9 Å². The quantitative estimate of drug-likeness (QED) is 0.799. The Labute approximate surface area is 143 Å². The lowest BCUT2D eigenvalue weighted by Crippen LogP contribution is -2.28. The first-order valence-electron chi connectivity index (χ1n) is 7.63. The molecule has 0 aliphatic carbocycles. The van der Waals surface area contributed by atoms with Crippen LogP contribution in [0.25, 0.3) is 0 Å². The van der Waals surface area contributed by atoms with Crippen LogP contribution in [0.15, 0.2) is 18.2 Å². The molecule has 0 radical (unpaired) electrons. The third-order valence-corrected chi connectivity index (χ3v) is 3.81. The fourth-order valence-electron chi connectivity index (χ4n) is 2.70. The molecule has 1 aliphatic rings. The van der Waals surface area contributed by atoms with Gasteiger partial charge in [0.05, 0.1) is 12.7 Å². The average molecular weight is 362 g/mol. The number of nitrogens with two attached hydrogens (primary N) is 1. The van der Waals surface area contributed by atoms with Gasteiger partial charge in [-0.25, -0.2) is 9.59 Å². The zero-order valence-electron chi connectivity index (χ0n) is 14.0. The van der Waals surface area contributed by atoms with Gasteiger partial charge in [-0.3, -0.25) is 0 Å². The van der Waals surface area contributed by atoms with Gasteiger partial charge in [0.1, 0.15) is 0 Å². The Kier molecular flexibility index (Phi) is 7.22. The largest absolute Gasteiger partial charge is 0.490 e. The standard InChI is InChI=1S/C14H20N2O2.C2HF3O2/c1-3-10-9-16(8-7-15)12-6-4-5-11(13(10)12)14(17)18-2;3-2(4,5)1(6)7/h4-6,10H,3,7-9,15H2,1-2H3;(H,6,7). The number of rotatable bonds is 4. The summed E-state index contributed by atoms with van der Waals surface area (Å²) < 4.78 is 36.6. The Bertz CT molecular complexity index is 620. The number of ether oxygens (including phenoxy) is 1. The Hall–Kier alpha value is -2.29. The molecule has 1 heterocycles. The van der Waals surface area contributed by atoms with E-state index in [1.165, 1.54) is 7.11 Å². The van der Waals surface area contributed by atoms with Crippen molar-refractivity contribution in [2.75, 3.05) is 31.6 Å². The maximum absolute atomic E-state index is 11.8. The van der Waals surface area contributed by atoms with Crippen LogP contribution >= 0.6 is 0 Å². The second-order valence-corrected chi connectivity index (χ2v) is 5.37. The summed E-state index contributed by atoms with van der Waals surface area (Å²) in [7, 11) is 1.43. The van der Waals surface area contributed by atoms with E-state index in [1.807, 2.05) is 12.1 Å². The molecule has 0 aromatic heterocycles. The molecule has 25 heavy (non-hydrogen) atoms. The van der Waals surface area contributed by atoms with Crippen LogP contribution < -0.4 is 10.6 Å². The normalized spacial score (nSPS) is 15.9. The molecule has 0 saturated carbocycles. The molecule has 1 unspecified atom stereocenters. The molecular formula is C16H21F3N2O4. The minimum atomic E-state index is -5.08. The second-order valence-electron chi connectivity index (χ2n) is 5.37. The van der Waals surface area contributed by atoms with E-state index in [0.717, 1.165) is 30.8 Å². The van der Waals surface area contributed by atoms with Gasteiger partial charge < -0.3 is 20.5 Å². The van der Waals surface area contributed by atoms with Crippen molar-refractivity contribution in [1.82, 2.24) is 0 Å². The highest BCUT2D eigenvalue weighted by atomic mass is 19.4. The predicted octanol–water partition coefficient (Wildman–Crippen LogP) is 2.38. The van der Waals surface area contributed by atoms with Gasteiger partial charge in [-0.05, 0) is 24.1 Å². The van der Waals surface area contributed by atoms with E-state index in [4.69, 9.17) is 20.4 Å². The van der Waals surface area contributed by atoms with Crippen molar-refractivity contribution in [3.8, 4) is 0 Å². The maximum Gasteiger partial charge on any atom is 0.490 e. The number of aliphatic carboxylic acids is 1. The maximum atomic E-state index is 11.8. The number of anilines is 1. The lowest BCUT2D eigenvalue weighted by atomic mass is 9.94. The van der Waals surface area contributed by atoms with E-state index in [9.17, 15) is 18.0 Å². The van der Waals surface area contributed by atoms with Crippen LogP contribution in [0.1, 0.15) is 35.2 Å². The molecule has 0 bridgehead atoms. The molecule has 0 spiro atoms. The molecule has 1 atom stereocenters. The first kappa shape index (κ1) is 20.8. The third kappa shape index (κ3) is 5.09. The number of benzene rings is 1. The fourth-order valence-corrected chi connectivity index (χ4v) is 2.70. The van der Waals surface area contributed by atoms with E-state index < -0.39 is 12.1 Å². The van der Waals surface area contributed by atoms with Gasteiger partial charge in [-0.15, -0.1) is 0 Å². The molecule has 1 aliphatic heterocycles. The molecule has 0 fully saturated rings. The van der Waals surface area contributed by atoms with Gasteiger partial charge in [0.2, 0.25) is 0 Å². The zero-order chi connectivity index (χ0) is 19.2. The molecule has 1 aromatic carbocycles. The van der Waals surface area contributed by atoms with E-state index in [1.54, 1.807) is 0 Å². The van der Waals surface area contributed by atoms with Crippen molar-refractivity contribution in [2.45, 2.75) is 25.4 Å². The summed E-state index contributed by atoms with van der Waals surface area (Å²) >= 11 is 0. The smallest absolute Gasteiger partial charge is 0.475 e. The highest BCUT2D eigenvalue weighted by molar-refractivity contribution is 5.94. The molecule has 0 amide bonds. The van der Waals surface area contributed by atoms with E-state index in [-0.39, 0.29) is 5.97 Å². The van der Waals surface area contributed by atoms with Crippen LogP contribution in [0.3, 0.4) is 0 Å². The summed E-state index contributed by atoms with van der Waals surface area (Å²) in [5.74, 6) is -2.62. The van der Waals surface area contributed by atoms with Crippen LogP contribution in [0, 0.1) is 0 Å². The van der Waals surface area contributed by atoms with E-state index >= 15 is 0 Å². The SMILES string of the molecule is CCC1CN(CCN)c2cccc(C(=O)OC)c21.O=C(O)C(F)(F)F. The minimum absolute atomic E-state index is 0.250. The van der Waals surface area contributed by atoms with Crippen LogP contribution in [-0.2, 0) is 9.53 Å². The first-order chi connectivity index (χ1) is 11.7. The Morgan fingerprint density at radius 1 is 1.40 bits per heavy atom. The molecule has 6 nitrogen and oxygen atoms in total. The number of methoxy groups -OCH3 is 1. The predicted molar refractivity (Wildman–Crippen MR) is 85.8 cm³/mol. The van der Waals surface area contributed by atoms with Crippen molar-refractivity contribution in [1.29, 1.82) is 0 Å². The van der Waals surface area contributed by atoms with Crippen molar-refractivity contribution in [3.05, 3.63) is 29.3 Å². The van der Waals surface area contributed by atoms with Crippen LogP contribution in [0.5, 0.6) is 0 Å². The van der Waals surface area contributed by atoms with Gasteiger partial charge in [0.15, 0.2) is 0 Å². The van der Waals surface area contributed by atoms with Gasteiger partial charge >= 0.3 is 18.1 Å². The first-order valence-corrected chi connectivity index (χ1v) is 7.63. The summed E-state index contributed by atoms with van der Waals surface area (Å²) in [4.78, 5) is 23.0. The molecule has 140 valence electrons. The van der Waals surface area contributed by atoms with Gasteiger partial charge in [0.25, 0.3) is 0 Å². The number of nitrogens with zero attached hydrogens (tertiary/aromatic N) is 1. The molecule has 0 saturated heterocycles. The van der Waals surface area contributed by atoms with Gasteiger partial charge in [-0.1, -0.05) is 13.0 Å². The molecule has 1 aromatic rings. The summed E-state index contributed by atoms with van der Waals surface area (Å²) in [6, 6.07) is 5.82. The summed E-state index contributed by atoms with van der Waals surface area (Å²) in [5.41, 5.74) is 8.60. The summed E-state index contributed by atoms with van der Waals surface area (Å²) in [6.45, 7) is 4.54. The number of fused-ring (bicyclic) bond motifs is 1. The number of carboxylic acid groups (broad SMARTS) is 1. The number of hydrogen-bond acceptors (Lipinski definition) is 5. The number of carbonyl (C=O) groups excluding carboxylic acids is 1. The average Bonchev–Trinajstić information content (AvgIpc) is 2.92. The van der Waals surface area contributed by atoms with Gasteiger partial charge in [0, 0.05) is 31.2 Å². The van der Waals surface area contributed by atoms with Gasteiger partial charge in [-0.2, -0.15) is 13.2 Å². The number of carboxylic acids is 1. The molecule has 2 rings (SSSR count). The van der Waals surface area contributed by atoms with Crippen molar-refractivity contribution >= 4 is 17.6 Å². The Morgan fingerprint density at radius 3 is 2.44 bits per heavy atom. The second kappa shape index (κ2) is 8.70. The number of alkyl halides is 3. The van der Waals surface area contributed by atoms with Crippen molar-refractivity contribution < 1.29 is 32.6 Å². The lowest BCUT2D eigenvalue weighted by Gasteiger charge is -2.18. The van der Waals surface area contributed by atoms with Crippen molar-refractivity contribution in [2.24, 2.45) is 5.73 Å². The number of halogens is 3. The fraction of sp³-hybridized carbons (Fsp3) is 0.500. The van der Waals surface area contributed by atoms with Crippen molar-refractivity contribution in [3.63, 3.8) is 0 Å². The summed E-state index contributed by atoms with van der Waals surface area (Å²) in [5, 5.41) is 7.12. The topological polar surface area (TPSA) is 92.9 Å². The minimum Gasteiger partial charge on any atom is -0.475 e.